The quantitative estimate of drug-likeness (QED) is 0.0301. The number of amides is 8. The molecule has 3 fully saturated rings. The van der Waals surface area contributed by atoms with Crippen molar-refractivity contribution in [3.05, 3.63) is 287 Å². The molecule has 734 valence electrons. The number of benzene rings is 5. The van der Waals surface area contributed by atoms with Gasteiger partial charge in [-0.1, -0.05) is 193 Å². The SMILES string of the molecule is Cc1ccc(NC(=O)C2=CCN(c3ncc([C@@H](C)CO)cc3Cl)CC2)cc1.Cc1ccc(NC(=O)C2=CCN(c3ncc([C@H](C)CO)cc3Cl)CC2)cc1.Cc1ccc(NC(=O)N2CCN(c3ncc(C(C)CO)cc3Cl)C[C@H]2C)cc1.Cc1ccc(NC(=O)N2CCN(c3ncc([C@@H](C)CO)cc3Cl)C[C@H]2C)cc1.Cc1ccc(NC(=O)N2CCN(c3ncc([C@H](C)CO)cc3Cl)C[C@H]2C)cc1. The predicted molar refractivity (Wildman–Crippen MR) is 559 cm³/mol. The zero-order valence-corrected chi connectivity index (χ0v) is 84.5. The Balaban J connectivity index is 0.000000165. The van der Waals surface area contributed by atoms with Crippen LogP contribution < -0.4 is 51.1 Å². The highest BCUT2D eigenvalue weighted by Gasteiger charge is 2.34. The van der Waals surface area contributed by atoms with Gasteiger partial charge in [-0.15, -0.1) is 0 Å². The number of aryl methyl sites for hydroxylation is 5. The Morgan fingerprint density at radius 1 is 0.312 bits per heavy atom. The van der Waals surface area contributed by atoms with Gasteiger partial charge in [0.05, 0.1) is 25.1 Å². The van der Waals surface area contributed by atoms with Crippen LogP contribution in [0.2, 0.25) is 25.1 Å². The molecule has 15 rings (SSSR count). The number of pyridine rings is 5. The van der Waals surface area contributed by atoms with Crippen LogP contribution in [0.4, 0.5) is 71.9 Å². The standard InChI is InChI=1S/3C21H27ClN4O2.2C21H24ClN3O2/c3*1-14-4-6-18(7-5-14)24-21(28)26-9-8-25(12-16(26)3)20-19(22)10-17(11-23-20)15(2)13-27;2*1-14-3-5-18(6-4-14)24-21(27)16-7-9-25(10-8-16)20-19(22)11-17(12-23-20)15(2)13-26/h3*4-7,10-11,15-16,27H,8-9,12-13H2,1-3H3,(H,24,28);2*3-7,11-12,15,26H,8-10,13H2,1-2H3,(H,24,27)/t15?,16-;15-,16+;15-,16-;2*15-/m10110/s1. The summed E-state index contributed by atoms with van der Waals surface area (Å²) in [5.74, 6) is 3.46. The number of hydrogen-bond donors (Lipinski definition) is 10. The monoisotopic (exact) mass is 1980 g/mol. The van der Waals surface area contributed by atoms with Crippen LogP contribution in [0.5, 0.6) is 0 Å². The number of aliphatic hydroxyl groups is 5. The summed E-state index contributed by atoms with van der Waals surface area (Å²) in [4.78, 5) is 101. The van der Waals surface area contributed by atoms with Crippen LogP contribution in [0.15, 0.2) is 206 Å². The van der Waals surface area contributed by atoms with Crippen LogP contribution in [-0.2, 0) is 9.59 Å². The Morgan fingerprint density at radius 3 is 0.696 bits per heavy atom. The minimum Gasteiger partial charge on any atom is -0.396 e. The van der Waals surface area contributed by atoms with Crippen molar-refractivity contribution in [3.63, 3.8) is 0 Å². The number of aromatic nitrogens is 5. The van der Waals surface area contributed by atoms with Crippen LogP contribution in [0.1, 0.15) is 153 Å². The number of hydrogen-bond acceptors (Lipinski definition) is 20. The molecule has 5 aromatic heterocycles. The Labute approximate surface area is 835 Å². The lowest BCUT2D eigenvalue weighted by Gasteiger charge is -2.40. The maximum absolute atomic E-state index is 12.7. The summed E-state index contributed by atoms with van der Waals surface area (Å²) >= 11 is 32.1. The number of aliphatic hydroxyl groups excluding tert-OH is 5. The molecule has 138 heavy (non-hydrogen) atoms. The second kappa shape index (κ2) is 51.3. The fraction of sp³-hybridized carbons (Fsp3) is 0.390. The fourth-order valence-corrected chi connectivity index (χ4v) is 17.4. The number of rotatable bonds is 22. The van der Waals surface area contributed by atoms with Crippen LogP contribution in [0.3, 0.4) is 0 Å². The van der Waals surface area contributed by atoms with Crippen molar-refractivity contribution >= 4 is 145 Å². The average molecular weight is 1980 g/mol. The van der Waals surface area contributed by atoms with Gasteiger partial charge < -0.3 is 91.3 Å². The molecule has 5 aliphatic rings. The molecule has 1 unspecified atom stereocenters. The van der Waals surface area contributed by atoms with Crippen molar-refractivity contribution in [1.82, 2.24) is 39.6 Å². The Bertz CT molecular complexity index is 5340. The molecule has 10 aromatic rings. The van der Waals surface area contributed by atoms with Crippen molar-refractivity contribution in [2.45, 2.75) is 151 Å². The Kier molecular flexibility index (Phi) is 39.7. The first kappa shape index (κ1) is 107. The summed E-state index contributed by atoms with van der Waals surface area (Å²) < 4.78 is 0. The van der Waals surface area contributed by atoms with E-state index in [1.165, 1.54) is 0 Å². The summed E-state index contributed by atoms with van der Waals surface area (Å²) in [6.45, 7) is 34.3. The second-order valence-electron chi connectivity index (χ2n) is 36.1. The van der Waals surface area contributed by atoms with Crippen molar-refractivity contribution in [1.29, 1.82) is 0 Å². The first-order valence-corrected chi connectivity index (χ1v) is 48.6. The molecule has 10 heterocycles. The number of carbonyl (C=O) groups is 5. The molecule has 5 aromatic carbocycles. The Hall–Kier alpha value is -11.7. The zero-order valence-electron chi connectivity index (χ0n) is 80.7. The lowest BCUT2D eigenvalue weighted by atomic mass is 10.0. The molecule has 0 saturated carbocycles. The Morgan fingerprint density at radius 2 is 0.514 bits per heavy atom. The van der Waals surface area contributed by atoms with Crippen LogP contribution in [0, 0.1) is 34.6 Å². The number of piperazine rings is 3. The van der Waals surface area contributed by atoms with E-state index in [0.29, 0.717) is 135 Å². The van der Waals surface area contributed by atoms with Gasteiger partial charge in [-0.05, 0) is 187 Å². The number of halogens is 5. The van der Waals surface area contributed by atoms with Crippen LogP contribution in [0.25, 0.3) is 0 Å². The molecule has 8 amide bonds. The van der Waals surface area contributed by atoms with Gasteiger partial charge in [0.25, 0.3) is 11.8 Å². The summed E-state index contributed by atoms with van der Waals surface area (Å²) in [6.07, 6.45) is 13.9. The molecule has 0 spiro atoms. The van der Waals surface area contributed by atoms with E-state index >= 15 is 0 Å². The smallest absolute Gasteiger partial charge is 0.322 e. The third-order valence-corrected chi connectivity index (χ3v) is 26.5. The third-order valence-electron chi connectivity index (χ3n) is 25.1. The normalized spacial score (nSPS) is 17.0. The molecule has 33 heteroatoms. The predicted octanol–water partition coefficient (Wildman–Crippen LogP) is 19.5. The maximum atomic E-state index is 12.7. The highest BCUT2D eigenvalue weighted by Crippen LogP contribution is 2.37. The molecular weight excluding hydrogens is 1850 g/mol. The first-order chi connectivity index (χ1) is 66.1. The van der Waals surface area contributed by atoms with E-state index in [4.69, 9.17) is 58.0 Å². The second-order valence-corrected chi connectivity index (χ2v) is 38.2. The van der Waals surface area contributed by atoms with E-state index in [-0.39, 0.29) is 111 Å². The van der Waals surface area contributed by atoms with Crippen molar-refractivity contribution < 1.29 is 49.5 Å². The molecule has 3 saturated heterocycles. The van der Waals surface area contributed by atoms with Gasteiger partial charge in [0.2, 0.25) is 0 Å². The molecule has 0 aliphatic carbocycles. The summed E-state index contributed by atoms with van der Waals surface area (Å²) in [7, 11) is 0. The van der Waals surface area contributed by atoms with E-state index in [2.05, 4.69) is 76.0 Å². The zero-order chi connectivity index (χ0) is 99.6. The summed E-state index contributed by atoms with van der Waals surface area (Å²) in [5, 5.41) is 64.1. The van der Waals surface area contributed by atoms with Gasteiger partial charge in [-0.25, -0.2) is 39.3 Å². The van der Waals surface area contributed by atoms with Crippen molar-refractivity contribution in [2.24, 2.45) is 0 Å². The van der Waals surface area contributed by atoms with Gasteiger partial charge >= 0.3 is 18.1 Å². The van der Waals surface area contributed by atoms with Gasteiger partial charge in [0.1, 0.15) is 29.1 Å². The summed E-state index contributed by atoms with van der Waals surface area (Å²) in [5.41, 5.74) is 15.9. The van der Waals surface area contributed by atoms with Crippen molar-refractivity contribution in [3.8, 4) is 0 Å². The largest absolute Gasteiger partial charge is 0.396 e. The van der Waals surface area contributed by atoms with Gasteiger partial charge in [-0.2, -0.15) is 0 Å². The number of nitrogens with zero attached hydrogens (tertiary/aromatic N) is 13. The number of nitrogens with one attached hydrogen (secondary N) is 5. The minimum atomic E-state index is -0.0952. The molecule has 0 radical (unpaired) electrons. The highest BCUT2D eigenvalue weighted by molar-refractivity contribution is 6.34. The lowest BCUT2D eigenvalue weighted by molar-refractivity contribution is -0.113. The number of carbonyl (C=O) groups excluding carboxylic acids is 5. The summed E-state index contributed by atoms with van der Waals surface area (Å²) in [6, 6.07) is 47.9. The molecule has 10 N–H and O–H groups in total. The van der Waals surface area contributed by atoms with E-state index in [1.807, 2.05) is 269 Å². The first-order valence-electron chi connectivity index (χ1n) is 46.7. The molecule has 8 atom stereocenters. The van der Waals surface area contributed by atoms with Crippen LogP contribution >= 0.6 is 58.0 Å². The molecule has 28 nitrogen and oxygen atoms in total. The number of urea groups is 3. The van der Waals surface area contributed by atoms with E-state index in [0.717, 1.165) is 113 Å². The van der Waals surface area contributed by atoms with E-state index < -0.39 is 0 Å². The molecule has 0 bridgehead atoms. The highest BCUT2D eigenvalue weighted by atomic mass is 35.5. The lowest BCUT2D eigenvalue weighted by Crippen LogP contribution is -2.55. The van der Waals surface area contributed by atoms with E-state index in [1.54, 1.807) is 31.0 Å². The van der Waals surface area contributed by atoms with Crippen molar-refractivity contribution in [2.75, 3.05) is 169 Å². The van der Waals surface area contributed by atoms with E-state index in [9.17, 15) is 49.5 Å². The fourth-order valence-electron chi connectivity index (χ4n) is 15.9. The average Bonchev–Trinajstić information content (AvgIpc) is 0.848. The van der Waals surface area contributed by atoms with Gasteiger partial charge in [0.15, 0.2) is 0 Å². The minimum absolute atomic E-state index is 0.000269. The van der Waals surface area contributed by atoms with Crippen LogP contribution in [-0.4, -0.2) is 231 Å². The maximum Gasteiger partial charge on any atom is 0.322 e. The molecular formula is C105H129Cl5N18O10. The third kappa shape index (κ3) is 29.7. The number of anilines is 10. The topological polar surface area (TPSA) is 337 Å². The van der Waals surface area contributed by atoms with Gasteiger partial charge in [-0.3, -0.25) is 9.59 Å². The van der Waals surface area contributed by atoms with Gasteiger partial charge in [0, 0.05) is 236 Å². The molecule has 5 aliphatic heterocycles.